The van der Waals surface area contributed by atoms with Gasteiger partial charge in [0.05, 0.1) is 16.7 Å². The number of benzene rings is 1. The zero-order valence-corrected chi connectivity index (χ0v) is 15.0. The van der Waals surface area contributed by atoms with Crippen LogP contribution in [0.2, 0.25) is 0 Å². The molecule has 0 aliphatic rings. The summed E-state index contributed by atoms with van der Waals surface area (Å²) in [5.41, 5.74) is -1.79. The van der Waals surface area contributed by atoms with Gasteiger partial charge in [0.2, 0.25) is 0 Å². The quantitative estimate of drug-likeness (QED) is 0.678. The monoisotopic (exact) mass is 366 g/mol. The van der Waals surface area contributed by atoms with Gasteiger partial charge in [0.15, 0.2) is 0 Å². The molecule has 0 saturated carbocycles. The minimum atomic E-state index is -1.58. The first-order valence-electron chi connectivity index (χ1n) is 3.78. The molecule has 0 radical (unpaired) electrons. The molecule has 0 atom stereocenters. The summed E-state index contributed by atoms with van der Waals surface area (Å²) in [5.74, 6) is -4.53. The zero-order chi connectivity index (χ0) is 11.6. The third-order valence-electron chi connectivity index (χ3n) is 1.74. The number of carboxylic acids is 3. The molecule has 1 aromatic rings. The van der Waals surface area contributed by atoms with Crippen molar-refractivity contribution in [2.45, 2.75) is 0 Å². The van der Waals surface area contributed by atoms with Crippen LogP contribution in [0.4, 0.5) is 0 Å². The van der Waals surface area contributed by atoms with Gasteiger partial charge in [-0.15, -0.1) is 0 Å². The second-order valence-electron chi connectivity index (χ2n) is 2.64. The Morgan fingerprint density at radius 2 is 1.24 bits per heavy atom. The standard InChI is InChI=1S/C9H6O6.Ca.Cd.2H/c10-7(11)4-2-1-3-5(8(12)13)6(4)9(14)15;;;;/h1-3H,(H,10,11)(H,12,13)(H,14,15);;;;/q;+2;;2*-1. The number of rotatable bonds is 3. The third-order valence-corrected chi connectivity index (χ3v) is 1.74. The van der Waals surface area contributed by atoms with Crippen LogP contribution in [-0.4, -0.2) is 71.0 Å². The molecule has 0 spiro atoms. The molecule has 1 aromatic carbocycles. The molecule has 1 rings (SSSR count). The van der Waals surface area contributed by atoms with E-state index >= 15 is 0 Å². The summed E-state index contributed by atoms with van der Waals surface area (Å²) in [6.07, 6.45) is 0. The summed E-state index contributed by atoms with van der Waals surface area (Å²) in [5, 5.41) is 26.0. The van der Waals surface area contributed by atoms with Gasteiger partial charge < -0.3 is 18.2 Å². The molecular weight excluding hydrogens is 357 g/mol. The molecule has 0 saturated heterocycles. The first-order valence-corrected chi connectivity index (χ1v) is 3.78. The maximum Gasteiger partial charge on any atom is 2.00 e. The van der Waals surface area contributed by atoms with E-state index in [4.69, 9.17) is 15.3 Å². The van der Waals surface area contributed by atoms with Crippen molar-refractivity contribution in [3.63, 3.8) is 0 Å². The van der Waals surface area contributed by atoms with E-state index in [0.29, 0.717) is 0 Å². The molecule has 0 heterocycles. The number of carbonyl (C=O) groups is 3. The second kappa shape index (κ2) is 8.01. The predicted molar refractivity (Wildman–Crippen MR) is 55.3 cm³/mol. The summed E-state index contributed by atoms with van der Waals surface area (Å²) in [4.78, 5) is 32.0. The summed E-state index contributed by atoms with van der Waals surface area (Å²) >= 11 is 0. The smallest absolute Gasteiger partial charge is 1.00 e. The molecule has 3 N–H and O–H groups in total. The predicted octanol–water partition coefficient (Wildman–Crippen LogP) is 0.623. The molecule has 84 valence electrons. The number of hydrogen-bond acceptors (Lipinski definition) is 3. The van der Waals surface area contributed by atoms with Crippen LogP contribution in [0.25, 0.3) is 0 Å². The third kappa shape index (κ3) is 4.53. The number of aromatic carboxylic acids is 3. The van der Waals surface area contributed by atoms with Crippen molar-refractivity contribution < 1.29 is 59.9 Å². The van der Waals surface area contributed by atoms with Crippen LogP contribution in [0, 0.1) is 0 Å². The van der Waals surface area contributed by atoms with E-state index in [1.165, 1.54) is 6.07 Å². The van der Waals surface area contributed by atoms with Crippen LogP contribution in [0.1, 0.15) is 33.9 Å². The van der Waals surface area contributed by atoms with E-state index in [2.05, 4.69) is 0 Å². The first-order chi connectivity index (χ1) is 6.95. The summed E-state index contributed by atoms with van der Waals surface area (Å²) in [6, 6.07) is 3.26. The van der Waals surface area contributed by atoms with Crippen LogP contribution >= 0.6 is 0 Å². The van der Waals surface area contributed by atoms with Gasteiger partial charge in [0.1, 0.15) is 0 Å². The van der Waals surface area contributed by atoms with Gasteiger partial charge in [-0.05, 0) is 12.1 Å². The maximum atomic E-state index is 10.7. The van der Waals surface area contributed by atoms with Crippen molar-refractivity contribution in [1.82, 2.24) is 0 Å². The van der Waals surface area contributed by atoms with E-state index in [9.17, 15) is 14.4 Å². The molecule has 0 aliphatic heterocycles. The largest absolute Gasteiger partial charge is 2.00 e. The van der Waals surface area contributed by atoms with Crippen LogP contribution in [0.3, 0.4) is 0 Å². The molecule has 0 amide bonds. The van der Waals surface area contributed by atoms with Gasteiger partial charge in [-0.3, -0.25) is 0 Å². The maximum absolute atomic E-state index is 10.7. The van der Waals surface area contributed by atoms with E-state index < -0.39 is 34.6 Å². The molecule has 0 bridgehead atoms. The van der Waals surface area contributed by atoms with Gasteiger partial charge in [0, 0.05) is 27.3 Å². The molecular formula is C9H8CaCdO6. The Morgan fingerprint density at radius 3 is 1.47 bits per heavy atom. The number of hydrogen-bond donors (Lipinski definition) is 3. The van der Waals surface area contributed by atoms with Crippen molar-refractivity contribution >= 4 is 55.6 Å². The minimum Gasteiger partial charge on any atom is -1.00 e. The van der Waals surface area contributed by atoms with E-state index in [1.807, 2.05) is 0 Å². The second-order valence-corrected chi connectivity index (χ2v) is 2.64. The van der Waals surface area contributed by atoms with Crippen molar-refractivity contribution in [2.75, 3.05) is 0 Å². The fraction of sp³-hybridized carbons (Fsp3) is 0. The van der Waals surface area contributed by atoms with Gasteiger partial charge in [-0.1, -0.05) is 6.07 Å². The van der Waals surface area contributed by atoms with E-state index in [1.54, 1.807) is 0 Å². The van der Waals surface area contributed by atoms with Gasteiger partial charge in [-0.25, -0.2) is 14.4 Å². The van der Waals surface area contributed by atoms with Crippen molar-refractivity contribution in [2.24, 2.45) is 0 Å². The van der Waals surface area contributed by atoms with E-state index in [0.717, 1.165) is 12.1 Å². The SMILES string of the molecule is O=C(O)c1cccc(C(=O)O)c1C(=O)O.[Ca+2].[Cd].[H-].[H-]. The molecule has 17 heavy (non-hydrogen) atoms. The molecule has 0 fully saturated rings. The van der Waals surface area contributed by atoms with Crippen molar-refractivity contribution in [3.8, 4) is 0 Å². The Hall–Kier alpha value is -0.188. The molecule has 6 nitrogen and oxygen atoms in total. The molecule has 0 aromatic heterocycles. The first kappa shape index (κ1) is 19.2. The Balaban J connectivity index is -0.000000281. The summed E-state index contributed by atoms with van der Waals surface area (Å²) in [7, 11) is 0. The Labute approximate surface area is 149 Å². The van der Waals surface area contributed by atoms with Crippen LogP contribution < -0.4 is 0 Å². The Bertz CT molecular complexity index is 436. The summed E-state index contributed by atoms with van der Waals surface area (Å²) < 4.78 is 0. The Kier molecular flexibility index (Phi) is 9.03. The fourth-order valence-corrected chi connectivity index (χ4v) is 1.14. The normalized spacial score (nSPS) is 8.47. The van der Waals surface area contributed by atoms with Crippen LogP contribution in [0.15, 0.2) is 18.2 Å². The molecule has 8 heteroatoms. The topological polar surface area (TPSA) is 112 Å². The number of carboxylic acid groups (broad SMARTS) is 3. The average molecular weight is 365 g/mol. The van der Waals surface area contributed by atoms with Crippen LogP contribution in [0.5, 0.6) is 0 Å². The van der Waals surface area contributed by atoms with Gasteiger partial charge in [0.25, 0.3) is 0 Å². The molecule has 0 unspecified atom stereocenters. The van der Waals surface area contributed by atoms with Gasteiger partial charge >= 0.3 is 55.6 Å². The van der Waals surface area contributed by atoms with Crippen molar-refractivity contribution in [3.05, 3.63) is 34.9 Å². The Morgan fingerprint density at radius 1 is 0.882 bits per heavy atom. The van der Waals surface area contributed by atoms with Crippen LogP contribution in [-0.2, 0) is 27.3 Å². The minimum absolute atomic E-state index is 0. The zero-order valence-electron chi connectivity index (χ0n) is 10.7. The molecule has 0 aliphatic carbocycles. The van der Waals surface area contributed by atoms with Gasteiger partial charge in [-0.2, -0.15) is 0 Å². The fourth-order valence-electron chi connectivity index (χ4n) is 1.14. The van der Waals surface area contributed by atoms with Crippen molar-refractivity contribution in [1.29, 1.82) is 0 Å². The summed E-state index contributed by atoms with van der Waals surface area (Å²) in [6.45, 7) is 0. The average Bonchev–Trinajstić information content (AvgIpc) is 2.16. The van der Waals surface area contributed by atoms with E-state index in [-0.39, 0.29) is 67.9 Å².